The fourth-order valence-electron chi connectivity index (χ4n) is 1.96. The van der Waals surface area contributed by atoms with Crippen LogP contribution in [-0.2, 0) is 36.9 Å². The molecule has 0 atom stereocenters. The molecule has 0 aromatic heterocycles. The molecule has 1 rings (SSSR count). The topological polar surface area (TPSA) is 71.1 Å². The second-order valence-electron chi connectivity index (χ2n) is 6.42. The first-order valence-corrected chi connectivity index (χ1v) is 8.04. The maximum Gasteiger partial charge on any atom is 0.342 e. The van der Waals surface area contributed by atoms with E-state index in [-0.39, 0.29) is 6.42 Å². The molecule has 0 unspecified atom stereocenters. The van der Waals surface area contributed by atoms with Gasteiger partial charge in [0.1, 0.15) is 11.4 Å². The largest absolute Gasteiger partial charge is 0.497 e. The van der Waals surface area contributed by atoms with Crippen molar-refractivity contribution in [2.24, 2.45) is 0 Å². The first-order chi connectivity index (χ1) is 11.7. The smallest absolute Gasteiger partial charge is 0.342 e. The quantitative estimate of drug-likeness (QED) is 0.310. The molecule has 0 spiro atoms. The van der Waals surface area contributed by atoms with Gasteiger partial charge < -0.3 is 9.47 Å². The fraction of sp³-hybridized carbons (Fsp3) is 0.474. The molecule has 0 saturated heterocycles. The summed E-state index contributed by atoms with van der Waals surface area (Å²) in [7, 11) is 2.92. The Morgan fingerprint density at radius 2 is 1.84 bits per heavy atom. The number of carbonyl (C=O) groups is 2. The highest BCUT2D eigenvalue weighted by atomic mass is 17.2. The normalized spacial score (nSPS) is 11.4. The Labute approximate surface area is 148 Å². The van der Waals surface area contributed by atoms with Crippen LogP contribution in [0, 0.1) is 0 Å². The molecule has 0 fully saturated rings. The summed E-state index contributed by atoms with van der Waals surface area (Å²) in [5.74, 6) is -0.127. The lowest BCUT2D eigenvalue weighted by molar-refractivity contribution is -0.320. The third-order valence-corrected chi connectivity index (χ3v) is 3.19. The number of benzene rings is 1. The van der Waals surface area contributed by atoms with Gasteiger partial charge in [-0.2, -0.15) is 4.89 Å². The Balaban J connectivity index is 2.72. The molecule has 6 heteroatoms. The number of ether oxygens (including phenoxy) is 2. The van der Waals surface area contributed by atoms with Gasteiger partial charge in [-0.25, -0.2) is 9.59 Å². The van der Waals surface area contributed by atoms with Crippen LogP contribution < -0.4 is 4.74 Å². The van der Waals surface area contributed by atoms with E-state index in [2.05, 4.69) is 4.74 Å². The van der Waals surface area contributed by atoms with Gasteiger partial charge in [0.25, 0.3) is 0 Å². The molecular weight excluding hydrogens is 324 g/mol. The molecule has 1 aromatic carbocycles. The highest BCUT2D eigenvalue weighted by Crippen LogP contribution is 2.20. The van der Waals surface area contributed by atoms with Crippen LogP contribution in [0.25, 0.3) is 0 Å². The summed E-state index contributed by atoms with van der Waals surface area (Å²) in [5, 5.41) is 0. The number of esters is 1. The van der Waals surface area contributed by atoms with E-state index in [1.807, 2.05) is 18.2 Å². The molecular formula is C19H26O6. The third-order valence-electron chi connectivity index (χ3n) is 3.19. The first kappa shape index (κ1) is 20.7. The minimum Gasteiger partial charge on any atom is -0.497 e. The van der Waals surface area contributed by atoms with Crippen LogP contribution >= 0.6 is 0 Å². The minimum absolute atomic E-state index is 0.191. The van der Waals surface area contributed by atoms with Crippen LogP contribution in [0.2, 0.25) is 0 Å². The number of rotatable bonds is 8. The number of carbonyl (C=O) groups excluding carboxylic acids is 2. The zero-order valence-electron chi connectivity index (χ0n) is 15.5. The molecule has 138 valence electrons. The Morgan fingerprint density at radius 1 is 1.12 bits per heavy atom. The molecule has 0 radical (unpaired) electrons. The zero-order chi connectivity index (χ0) is 18.9. The van der Waals surface area contributed by atoms with Crippen molar-refractivity contribution in [3.05, 3.63) is 41.5 Å². The summed E-state index contributed by atoms with van der Waals surface area (Å²) in [5.41, 5.74) is 1.40. The van der Waals surface area contributed by atoms with Crippen molar-refractivity contribution in [1.29, 1.82) is 0 Å². The lowest BCUT2D eigenvalue weighted by Gasteiger charge is -2.16. The average Bonchev–Trinajstić information content (AvgIpc) is 2.57. The van der Waals surface area contributed by atoms with Crippen molar-refractivity contribution >= 4 is 11.9 Å². The summed E-state index contributed by atoms with van der Waals surface area (Å²) in [6.07, 6.45) is 4.29. The molecule has 0 aliphatic heterocycles. The molecule has 0 N–H and O–H groups in total. The van der Waals surface area contributed by atoms with Gasteiger partial charge in [-0.15, -0.1) is 0 Å². The van der Waals surface area contributed by atoms with Crippen molar-refractivity contribution < 1.29 is 28.8 Å². The number of hydrogen-bond donors (Lipinski definition) is 0. The van der Waals surface area contributed by atoms with E-state index in [1.165, 1.54) is 13.2 Å². The van der Waals surface area contributed by atoms with Crippen LogP contribution in [0.4, 0.5) is 0 Å². The van der Waals surface area contributed by atoms with Gasteiger partial charge in [0, 0.05) is 6.08 Å². The number of hydrogen-bond acceptors (Lipinski definition) is 6. The van der Waals surface area contributed by atoms with Crippen molar-refractivity contribution in [2.45, 2.75) is 45.6 Å². The predicted octanol–water partition coefficient (Wildman–Crippen LogP) is 3.17. The van der Waals surface area contributed by atoms with E-state index < -0.39 is 17.5 Å². The Hall–Kier alpha value is -2.34. The number of allylic oxidation sites excluding steroid dienone is 1. The summed E-state index contributed by atoms with van der Waals surface area (Å²) in [4.78, 5) is 32.8. The average molecular weight is 350 g/mol. The summed E-state index contributed by atoms with van der Waals surface area (Å²) in [6.45, 7) is 5.40. The highest BCUT2D eigenvalue weighted by Gasteiger charge is 2.15. The van der Waals surface area contributed by atoms with Crippen LogP contribution in [0.3, 0.4) is 0 Å². The SMILES string of the molecule is COC(=O)C=CCc1cc(OC)ccc1CCC(=O)OOC(C)(C)C. The molecule has 0 bridgehead atoms. The van der Waals surface area contributed by atoms with Gasteiger partial charge in [-0.05, 0) is 56.9 Å². The summed E-state index contributed by atoms with van der Waals surface area (Å²) in [6, 6.07) is 5.62. The molecule has 1 aromatic rings. The molecule has 0 aliphatic rings. The first-order valence-electron chi connectivity index (χ1n) is 8.04. The van der Waals surface area contributed by atoms with E-state index >= 15 is 0 Å². The molecule has 0 heterocycles. The van der Waals surface area contributed by atoms with Gasteiger partial charge in [0.15, 0.2) is 0 Å². The Kier molecular flexibility index (Phi) is 8.15. The van der Waals surface area contributed by atoms with Crippen molar-refractivity contribution in [3.63, 3.8) is 0 Å². The maximum atomic E-state index is 11.8. The maximum absolute atomic E-state index is 11.8. The fourth-order valence-corrected chi connectivity index (χ4v) is 1.96. The Morgan fingerprint density at radius 3 is 2.44 bits per heavy atom. The number of aryl methyl sites for hydroxylation is 1. The van der Waals surface area contributed by atoms with Crippen molar-refractivity contribution in [1.82, 2.24) is 0 Å². The molecule has 25 heavy (non-hydrogen) atoms. The lowest BCUT2D eigenvalue weighted by Crippen LogP contribution is -2.22. The highest BCUT2D eigenvalue weighted by molar-refractivity contribution is 5.81. The number of methoxy groups -OCH3 is 2. The third kappa shape index (κ3) is 8.35. The minimum atomic E-state index is -0.542. The van der Waals surface area contributed by atoms with Crippen LogP contribution in [0.15, 0.2) is 30.4 Å². The molecule has 0 amide bonds. The van der Waals surface area contributed by atoms with E-state index in [4.69, 9.17) is 14.5 Å². The van der Waals surface area contributed by atoms with Crippen LogP contribution in [0.5, 0.6) is 5.75 Å². The van der Waals surface area contributed by atoms with Gasteiger partial charge >= 0.3 is 11.9 Å². The monoisotopic (exact) mass is 350 g/mol. The zero-order valence-corrected chi connectivity index (χ0v) is 15.5. The van der Waals surface area contributed by atoms with Gasteiger partial charge in [0.05, 0.1) is 20.6 Å². The van der Waals surface area contributed by atoms with Crippen LogP contribution in [-0.4, -0.2) is 31.8 Å². The standard InChI is InChI=1S/C19H26O6/c1-19(2,3)25-24-18(21)12-10-14-9-11-16(22-4)13-15(14)7-6-8-17(20)23-5/h6,8-9,11,13H,7,10,12H2,1-5H3. The van der Waals surface area contributed by atoms with Gasteiger partial charge in [-0.3, -0.25) is 4.89 Å². The van der Waals surface area contributed by atoms with E-state index in [0.29, 0.717) is 18.6 Å². The van der Waals surface area contributed by atoms with Crippen molar-refractivity contribution in [3.8, 4) is 5.75 Å². The van der Waals surface area contributed by atoms with Crippen molar-refractivity contribution in [2.75, 3.05) is 14.2 Å². The lowest BCUT2D eigenvalue weighted by atomic mass is 10.00. The molecule has 6 nitrogen and oxygen atoms in total. The Bertz CT molecular complexity index is 613. The second kappa shape index (κ2) is 9.84. The summed E-state index contributed by atoms with van der Waals surface area (Å²) < 4.78 is 9.80. The molecule has 0 saturated carbocycles. The van der Waals surface area contributed by atoms with Gasteiger partial charge in [-0.1, -0.05) is 12.1 Å². The van der Waals surface area contributed by atoms with E-state index in [0.717, 1.165) is 11.1 Å². The van der Waals surface area contributed by atoms with E-state index in [1.54, 1.807) is 34.0 Å². The van der Waals surface area contributed by atoms with E-state index in [9.17, 15) is 9.59 Å². The second-order valence-corrected chi connectivity index (χ2v) is 6.42. The predicted molar refractivity (Wildman–Crippen MR) is 93.1 cm³/mol. The van der Waals surface area contributed by atoms with Crippen LogP contribution in [0.1, 0.15) is 38.3 Å². The van der Waals surface area contributed by atoms with Gasteiger partial charge in [0.2, 0.25) is 0 Å². The molecule has 0 aliphatic carbocycles. The summed E-state index contributed by atoms with van der Waals surface area (Å²) >= 11 is 0.